The third kappa shape index (κ3) is 5.03. The highest BCUT2D eigenvalue weighted by atomic mass is 19.1. The van der Waals surface area contributed by atoms with E-state index in [9.17, 15) is 14.0 Å². The zero-order chi connectivity index (χ0) is 24.9. The van der Waals surface area contributed by atoms with Gasteiger partial charge in [0.25, 0.3) is 11.8 Å². The number of hydrogen-bond acceptors (Lipinski definition) is 5. The van der Waals surface area contributed by atoms with E-state index in [0.717, 1.165) is 11.1 Å². The van der Waals surface area contributed by atoms with Crippen LogP contribution in [0.25, 0.3) is 11.0 Å². The first-order chi connectivity index (χ1) is 16.9. The second-order valence-electron chi connectivity index (χ2n) is 8.62. The predicted molar refractivity (Wildman–Crippen MR) is 132 cm³/mol. The molecule has 0 spiro atoms. The van der Waals surface area contributed by atoms with Gasteiger partial charge < -0.3 is 25.3 Å². The van der Waals surface area contributed by atoms with Crippen LogP contribution in [0, 0.1) is 5.41 Å². The number of hydrogen-bond donors (Lipinski definition) is 3. The summed E-state index contributed by atoms with van der Waals surface area (Å²) in [6.07, 6.45) is 2.23. The summed E-state index contributed by atoms with van der Waals surface area (Å²) < 4.78 is 20.4. The number of aromatic nitrogens is 2. The minimum absolute atomic E-state index is 0.0699. The van der Waals surface area contributed by atoms with Crippen molar-refractivity contribution < 1.29 is 18.7 Å². The SMILES string of the molecule is CCOc1cccc2c1nc([C@H](CCCCC(=N)CF)NC(=O)c1cccc3c1C(=O)NC3)n2C. The van der Waals surface area contributed by atoms with Crippen LogP contribution < -0.4 is 15.4 Å². The lowest BCUT2D eigenvalue weighted by Gasteiger charge is -2.19. The molecule has 3 aromatic rings. The van der Waals surface area contributed by atoms with E-state index in [0.29, 0.717) is 67.1 Å². The van der Waals surface area contributed by atoms with E-state index in [2.05, 4.69) is 10.6 Å². The molecular formula is C26H30FN5O3. The van der Waals surface area contributed by atoms with Crippen molar-refractivity contribution >= 4 is 28.6 Å². The van der Waals surface area contributed by atoms with Crippen LogP contribution in [0.3, 0.4) is 0 Å². The summed E-state index contributed by atoms with van der Waals surface area (Å²) >= 11 is 0. The summed E-state index contributed by atoms with van der Waals surface area (Å²) in [5.74, 6) is 0.734. The lowest BCUT2D eigenvalue weighted by Crippen LogP contribution is -2.31. The van der Waals surface area contributed by atoms with Gasteiger partial charge in [-0.1, -0.05) is 24.6 Å². The molecule has 1 aromatic heterocycles. The molecular weight excluding hydrogens is 449 g/mol. The van der Waals surface area contributed by atoms with Crippen LogP contribution in [-0.4, -0.2) is 40.4 Å². The maximum atomic E-state index is 13.4. The largest absolute Gasteiger partial charge is 0.492 e. The number of ether oxygens (including phenoxy) is 1. The molecule has 1 aliphatic rings. The number of benzene rings is 2. The number of imidazole rings is 1. The number of para-hydroxylation sites is 1. The number of nitrogens with one attached hydrogen (secondary N) is 3. The Bertz CT molecular complexity index is 1270. The van der Waals surface area contributed by atoms with Crippen molar-refractivity contribution in [2.45, 2.75) is 45.2 Å². The standard InChI is InChI=1S/C26H30FN5O3/c1-3-35-21-13-7-12-20-23(21)31-24(32(20)2)19(11-5-4-9-17(28)14-27)30-25(33)18-10-6-8-16-15-29-26(34)22(16)18/h6-8,10,12-13,19,28H,3-5,9,11,14-15H2,1-2H3,(H,29,34)(H,30,33)/t19-/m0/s1. The van der Waals surface area contributed by atoms with Gasteiger partial charge in [-0.3, -0.25) is 9.59 Å². The summed E-state index contributed by atoms with van der Waals surface area (Å²) in [4.78, 5) is 30.6. The number of alkyl halides is 1. The highest BCUT2D eigenvalue weighted by molar-refractivity contribution is 6.09. The van der Waals surface area contributed by atoms with Gasteiger partial charge in [-0.25, -0.2) is 9.37 Å². The Hall–Kier alpha value is -3.75. The first-order valence-corrected chi connectivity index (χ1v) is 11.9. The maximum absolute atomic E-state index is 13.4. The number of carbonyl (C=O) groups excluding carboxylic acids is 2. The number of unbranched alkanes of at least 4 members (excludes halogenated alkanes) is 1. The molecule has 2 amide bonds. The summed E-state index contributed by atoms with van der Waals surface area (Å²) in [5, 5.41) is 13.4. The van der Waals surface area contributed by atoms with Gasteiger partial charge in [-0.2, -0.15) is 0 Å². The van der Waals surface area contributed by atoms with Crippen molar-refractivity contribution in [1.29, 1.82) is 5.41 Å². The van der Waals surface area contributed by atoms with Crippen molar-refractivity contribution in [1.82, 2.24) is 20.2 Å². The van der Waals surface area contributed by atoms with Crippen LogP contribution in [0.5, 0.6) is 5.75 Å². The lowest BCUT2D eigenvalue weighted by atomic mass is 10.0. The lowest BCUT2D eigenvalue weighted by molar-refractivity contribution is 0.0912. The van der Waals surface area contributed by atoms with Crippen LogP contribution in [0.15, 0.2) is 36.4 Å². The van der Waals surface area contributed by atoms with Crippen LogP contribution in [-0.2, 0) is 13.6 Å². The molecule has 0 aliphatic carbocycles. The van der Waals surface area contributed by atoms with Gasteiger partial charge in [0.15, 0.2) is 0 Å². The van der Waals surface area contributed by atoms with Crippen LogP contribution in [0.2, 0.25) is 0 Å². The Balaban J connectivity index is 1.65. The topological polar surface area (TPSA) is 109 Å². The van der Waals surface area contributed by atoms with Crippen LogP contribution >= 0.6 is 0 Å². The van der Waals surface area contributed by atoms with E-state index in [1.54, 1.807) is 12.1 Å². The average molecular weight is 480 g/mol. The summed E-state index contributed by atoms with van der Waals surface area (Å²) in [7, 11) is 1.89. The summed E-state index contributed by atoms with van der Waals surface area (Å²) in [6.45, 7) is 2.08. The van der Waals surface area contributed by atoms with E-state index in [4.69, 9.17) is 15.1 Å². The summed E-state index contributed by atoms with van der Waals surface area (Å²) in [5.41, 5.74) is 3.20. The number of nitrogens with zero attached hydrogens (tertiary/aromatic N) is 2. The van der Waals surface area contributed by atoms with Gasteiger partial charge >= 0.3 is 0 Å². The van der Waals surface area contributed by atoms with Gasteiger partial charge in [-0.15, -0.1) is 0 Å². The molecule has 4 rings (SSSR count). The van der Waals surface area contributed by atoms with Crippen molar-refractivity contribution in [3.63, 3.8) is 0 Å². The van der Waals surface area contributed by atoms with Crippen LogP contribution in [0.4, 0.5) is 4.39 Å². The number of fused-ring (bicyclic) bond motifs is 2. The van der Waals surface area contributed by atoms with Crippen molar-refractivity contribution in [2.24, 2.45) is 7.05 Å². The smallest absolute Gasteiger partial charge is 0.252 e. The third-order valence-corrected chi connectivity index (χ3v) is 6.27. The molecule has 3 N–H and O–H groups in total. The number of rotatable bonds is 11. The molecule has 1 aliphatic heterocycles. The molecule has 9 heteroatoms. The quantitative estimate of drug-likeness (QED) is 0.282. The molecule has 0 saturated heterocycles. The van der Waals surface area contributed by atoms with Gasteiger partial charge in [0.1, 0.15) is 23.8 Å². The molecule has 184 valence electrons. The Labute approximate surface area is 203 Å². The van der Waals surface area contributed by atoms with E-state index in [1.807, 2.05) is 42.8 Å². The Morgan fingerprint density at radius 1 is 1.29 bits per heavy atom. The highest BCUT2D eigenvalue weighted by Gasteiger charge is 2.28. The molecule has 0 unspecified atom stereocenters. The van der Waals surface area contributed by atoms with E-state index < -0.39 is 12.7 Å². The predicted octanol–water partition coefficient (Wildman–Crippen LogP) is 4.24. The first kappa shape index (κ1) is 24.4. The fourth-order valence-electron chi connectivity index (χ4n) is 4.51. The highest BCUT2D eigenvalue weighted by Crippen LogP contribution is 2.30. The molecule has 2 heterocycles. The monoisotopic (exact) mass is 479 g/mol. The number of halogens is 1. The Morgan fingerprint density at radius 2 is 2.09 bits per heavy atom. The van der Waals surface area contributed by atoms with Crippen molar-refractivity contribution in [2.75, 3.05) is 13.3 Å². The second kappa shape index (κ2) is 10.7. The Kier molecular flexibility index (Phi) is 7.43. The van der Waals surface area contributed by atoms with Crippen LogP contribution in [0.1, 0.15) is 70.8 Å². The first-order valence-electron chi connectivity index (χ1n) is 11.9. The zero-order valence-electron chi connectivity index (χ0n) is 20.0. The van der Waals surface area contributed by atoms with E-state index in [1.165, 1.54) is 0 Å². The molecule has 0 radical (unpaired) electrons. The maximum Gasteiger partial charge on any atom is 0.252 e. The van der Waals surface area contributed by atoms with Crippen molar-refractivity contribution in [3.05, 3.63) is 58.9 Å². The van der Waals surface area contributed by atoms with Gasteiger partial charge in [0.05, 0.1) is 29.3 Å². The third-order valence-electron chi connectivity index (χ3n) is 6.27. The van der Waals surface area contributed by atoms with E-state index >= 15 is 0 Å². The Morgan fingerprint density at radius 3 is 2.86 bits per heavy atom. The molecule has 0 bridgehead atoms. The fourth-order valence-corrected chi connectivity index (χ4v) is 4.51. The fraction of sp³-hybridized carbons (Fsp3) is 0.385. The zero-order valence-corrected chi connectivity index (χ0v) is 20.0. The molecule has 0 fully saturated rings. The number of carbonyl (C=O) groups is 2. The summed E-state index contributed by atoms with van der Waals surface area (Å²) in [6, 6.07) is 10.5. The minimum atomic E-state index is -0.744. The van der Waals surface area contributed by atoms with Gasteiger partial charge in [0, 0.05) is 19.3 Å². The molecule has 2 aromatic carbocycles. The minimum Gasteiger partial charge on any atom is -0.492 e. The molecule has 35 heavy (non-hydrogen) atoms. The second-order valence-corrected chi connectivity index (χ2v) is 8.62. The molecule has 1 atom stereocenters. The normalized spacial score (nSPS) is 13.4. The number of aryl methyl sites for hydroxylation is 1. The molecule has 8 nitrogen and oxygen atoms in total. The van der Waals surface area contributed by atoms with Gasteiger partial charge in [-0.05, 0) is 49.9 Å². The van der Waals surface area contributed by atoms with E-state index in [-0.39, 0.29) is 17.5 Å². The average Bonchev–Trinajstić information content (AvgIpc) is 3.41. The molecule has 0 saturated carbocycles. The number of amides is 2. The van der Waals surface area contributed by atoms with Crippen molar-refractivity contribution in [3.8, 4) is 5.75 Å². The van der Waals surface area contributed by atoms with Gasteiger partial charge in [0.2, 0.25) is 0 Å².